The first-order valence-electron chi connectivity index (χ1n) is 8.17. The van der Waals surface area contributed by atoms with Crippen molar-refractivity contribution in [3.63, 3.8) is 0 Å². The Balaban J connectivity index is 1.88. The third-order valence-corrected chi connectivity index (χ3v) is 6.09. The molecule has 3 rings (SSSR count). The zero-order valence-electron chi connectivity index (χ0n) is 13.7. The van der Waals surface area contributed by atoms with Crippen LogP contribution < -0.4 is 15.7 Å². The SMILES string of the molecule is O=C(O)[C@H](Cc1ccccc1)NP(c1ccccc1)c1ccccc1. The second kappa shape index (κ2) is 8.57. The van der Waals surface area contributed by atoms with E-state index in [1.807, 2.05) is 91.0 Å². The molecule has 3 aromatic carbocycles. The normalized spacial score (nSPS) is 12.0. The summed E-state index contributed by atoms with van der Waals surface area (Å²) in [5, 5.41) is 15.4. The highest BCUT2D eigenvalue weighted by Gasteiger charge is 2.24. The standard InChI is InChI=1S/C21H20NO2P/c23-21(24)20(16-17-10-4-1-5-11-17)22-25(18-12-6-2-7-13-18)19-14-8-3-9-15-19/h1-15,20,22H,16H2,(H,23,24)/t20-/m0/s1. The van der Waals surface area contributed by atoms with Gasteiger partial charge >= 0.3 is 5.97 Å². The summed E-state index contributed by atoms with van der Waals surface area (Å²) in [5.74, 6) is -0.830. The fourth-order valence-electron chi connectivity index (χ4n) is 2.65. The highest BCUT2D eigenvalue weighted by molar-refractivity contribution is 7.71. The largest absolute Gasteiger partial charge is 0.480 e. The molecule has 25 heavy (non-hydrogen) atoms. The van der Waals surface area contributed by atoms with E-state index in [-0.39, 0.29) is 0 Å². The van der Waals surface area contributed by atoms with Gasteiger partial charge in [-0.15, -0.1) is 0 Å². The molecule has 4 heteroatoms. The van der Waals surface area contributed by atoms with Crippen LogP contribution in [-0.2, 0) is 11.2 Å². The first-order chi connectivity index (χ1) is 12.2. The number of benzene rings is 3. The highest BCUT2D eigenvalue weighted by atomic mass is 31.1. The fraction of sp³-hybridized carbons (Fsp3) is 0.0952. The van der Waals surface area contributed by atoms with Gasteiger partial charge in [0.15, 0.2) is 0 Å². The van der Waals surface area contributed by atoms with Crippen LogP contribution in [0.3, 0.4) is 0 Å². The van der Waals surface area contributed by atoms with Crippen molar-refractivity contribution in [1.82, 2.24) is 5.09 Å². The Hall–Kier alpha value is -2.48. The number of hydrogen-bond donors (Lipinski definition) is 2. The van der Waals surface area contributed by atoms with Gasteiger partial charge in [-0.25, -0.2) is 0 Å². The highest BCUT2D eigenvalue weighted by Crippen LogP contribution is 2.30. The Morgan fingerprint density at radius 1 is 0.800 bits per heavy atom. The van der Waals surface area contributed by atoms with Crippen molar-refractivity contribution in [2.75, 3.05) is 0 Å². The van der Waals surface area contributed by atoms with E-state index >= 15 is 0 Å². The third kappa shape index (κ3) is 4.76. The number of aliphatic carboxylic acids is 1. The van der Waals surface area contributed by atoms with Gasteiger partial charge in [-0.1, -0.05) is 91.0 Å². The Morgan fingerprint density at radius 3 is 1.68 bits per heavy atom. The van der Waals surface area contributed by atoms with Gasteiger partial charge in [0.1, 0.15) is 6.04 Å². The van der Waals surface area contributed by atoms with E-state index in [1.165, 1.54) is 0 Å². The quantitative estimate of drug-likeness (QED) is 0.644. The molecule has 0 spiro atoms. The number of rotatable bonds is 7. The lowest BCUT2D eigenvalue weighted by Gasteiger charge is -2.24. The lowest BCUT2D eigenvalue weighted by atomic mass is 10.1. The second-order valence-electron chi connectivity index (χ2n) is 5.72. The first kappa shape index (κ1) is 17.3. The fourth-order valence-corrected chi connectivity index (χ4v) is 4.70. The van der Waals surface area contributed by atoms with Gasteiger partial charge in [0.05, 0.1) is 0 Å². The molecule has 0 aliphatic rings. The van der Waals surface area contributed by atoms with Gasteiger partial charge in [0.25, 0.3) is 0 Å². The number of hydrogen-bond acceptors (Lipinski definition) is 2. The number of carbonyl (C=O) groups is 1. The van der Waals surface area contributed by atoms with Crippen LogP contribution in [0.4, 0.5) is 0 Å². The number of nitrogens with one attached hydrogen (secondary N) is 1. The summed E-state index contributed by atoms with van der Waals surface area (Å²) < 4.78 is 0. The molecule has 0 fully saturated rings. The monoisotopic (exact) mass is 349 g/mol. The Kier molecular flexibility index (Phi) is 5.95. The van der Waals surface area contributed by atoms with Crippen molar-refractivity contribution in [2.45, 2.75) is 12.5 Å². The van der Waals surface area contributed by atoms with Gasteiger partial charge in [-0.3, -0.25) is 9.88 Å². The van der Waals surface area contributed by atoms with E-state index in [4.69, 9.17) is 0 Å². The van der Waals surface area contributed by atoms with Gasteiger partial charge in [0, 0.05) is 8.07 Å². The average molecular weight is 349 g/mol. The van der Waals surface area contributed by atoms with Crippen molar-refractivity contribution in [1.29, 1.82) is 0 Å². The van der Waals surface area contributed by atoms with Crippen LogP contribution in [0, 0.1) is 0 Å². The zero-order chi connectivity index (χ0) is 17.5. The van der Waals surface area contributed by atoms with Gasteiger partial charge in [-0.05, 0) is 22.6 Å². The van der Waals surface area contributed by atoms with E-state index in [1.54, 1.807) is 0 Å². The molecule has 2 N–H and O–H groups in total. The van der Waals surface area contributed by atoms with Crippen LogP contribution in [0.15, 0.2) is 91.0 Å². The summed E-state index contributed by atoms with van der Waals surface area (Å²) in [7, 11) is -0.950. The van der Waals surface area contributed by atoms with Crippen molar-refractivity contribution < 1.29 is 9.90 Å². The summed E-state index contributed by atoms with van der Waals surface area (Å²) in [6, 6.07) is 29.2. The lowest BCUT2D eigenvalue weighted by molar-refractivity contribution is -0.138. The maximum Gasteiger partial charge on any atom is 0.321 e. The van der Waals surface area contributed by atoms with Crippen molar-refractivity contribution in [3.05, 3.63) is 96.6 Å². The molecule has 0 saturated heterocycles. The topological polar surface area (TPSA) is 49.3 Å². The second-order valence-corrected chi connectivity index (χ2v) is 7.68. The van der Waals surface area contributed by atoms with Crippen molar-refractivity contribution in [2.24, 2.45) is 0 Å². The van der Waals surface area contributed by atoms with Crippen LogP contribution in [0.25, 0.3) is 0 Å². The number of carboxylic acid groups (broad SMARTS) is 1. The Bertz CT molecular complexity index is 754. The Morgan fingerprint density at radius 2 is 1.24 bits per heavy atom. The van der Waals surface area contributed by atoms with E-state index in [2.05, 4.69) is 5.09 Å². The van der Waals surface area contributed by atoms with Gasteiger partial charge in [0.2, 0.25) is 0 Å². The molecular weight excluding hydrogens is 329 g/mol. The summed E-state index contributed by atoms with van der Waals surface area (Å²) in [6.45, 7) is 0. The maximum atomic E-state index is 11.8. The molecule has 0 aliphatic heterocycles. The van der Waals surface area contributed by atoms with E-state index in [0.29, 0.717) is 6.42 Å². The lowest BCUT2D eigenvalue weighted by Crippen LogP contribution is -2.39. The van der Waals surface area contributed by atoms with Crippen LogP contribution in [-0.4, -0.2) is 17.1 Å². The molecular formula is C21H20NO2P. The van der Waals surface area contributed by atoms with Crippen LogP contribution in [0.1, 0.15) is 5.56 Å². The molecule has 126 valence electrons. The van der Waals surface area contributed by atoms with E-state index in [0.717, 1.165) is 16.2 Å². The predicted octanol–water partition coefficient (Wildman–Crippen LogP) is 3.32. The summed E-state index contributed by atoms with van der Waals surface area (Å²) >= 11 is 0. The molecule has 0 aliphatic carbocycles. The molecule has 1 atom stereocenters. The zero-order valence-corrected chi connectivity index (χ0v) is 14.6. The van der Waals surface area contributed by atoms with Gasteiger partial charge in [-0.2, -0.15) is 0 Å². The summed E-state index contributed by atoms with van der Waals surface area (Å²) in [5.41, 5.74) is 1.01. The van der Waals surface area contributed by atoms with Crippen LogP contribution in [0.5, 0.6) is 0 Å². The molecule has 0 amide bonds. The van der Waals surface area contributed by atoms with E-state index in [9.17, 15) is 9.90 Å². The maximum absolute atomic E-state index is 11.8. The van der Waals surface area contributed by atoms with Crippen LogP contribution in [0.2, 0.25) is 0 Å². The molecule has 0 aromatic heterocycles. The Labute approximate surface area is 149 Å². The van der Waals surface area contributed by atoms with Crippen LogP contribution >= 0.6 is 8.07 Å². The minimum Gasteiger partial charge on any atom is -0.480 e. The minimum atomic E-state index is -0.950. The predicted molar refractivity (Wildman–Crippen MR) is 104 cm³/mol. The molecule has 0 heterocycles. The molecule has 0 unspecified atom stereocenters. The number of carboxylic acids is 1. The molecule has 3 nitrogen and oxygen atoms in total. The van der Waals surface area contributed by atoms with E-state index < -0.39 is 20.1 Å². The smallest absolute Gasteiger partial charge is 0.321 e. The first-order valence-corrected chi connectivity index (χ1v) is 9.51. The molecule has 0 radical (unpaired) electrons. The van der Waals surface area contributed by atoms with Crippen molar-refractivity contribution >= 4 is 24.7 Å². The summed E-state index contributed by atoms with van der Waals surface area (Å²) in [4.78, 5) is 11.8. The summed E-state index contributed by atoms with van der Waals surface area (Å²) in [6.07, 6.45) is 0.453. The van der Waals surface area contributed by atoms with Crippen molar-refractivity contribution in [3.8, 4) is 0 Å². The molecule has 0 saturated carbocycles. The molecule has 3 aromatic rings. The third-order valence-electron chi connectivity index (χ3n) is 3.89. The molecule has 0 bridgehead atoms. The van der Waals surface area contributed by atoms with Gasteiger partial charge < -0.3 is 5.11 Å². The minimum absolute atomic E-state index is 0.453. The average Bonchev–Trinajstić information content (AvgIpc) is 2.67.